The lowest BCUT2D eigenvalue weighted by atomic mass is 9.98. The van der Waals surface area contributed by atoms with E-state index >= 15 is 0 Å². The molecule has 0 aliphatic rings. The predicted molar refractivity (Wildman–Crippen MR) is 133 cm³/mol. The van der Waals surface area contributed by atoms with E-state index in [1.807, 2.05) is 47.1 Å². The van der Waals surface area contributed by atoms with Crippen LogP contribution in [0.15, 0.2) is 78.9 Å². The SMILES string of the molecule is CCC(C)c1nc(C(=O)c2ccccc2)nn1Cc1ccc(-c2ccccc2-c2nnn[nH]2)cc1. The highest BCUT2D eigenvalue weighted by Crippen LogP contribution is 2.30. The Hall–Kier alpha value is -4.46. The molecule has 0 radical (unpaired) electrons. The van der Waals surface area contributed by atoms with Gasteiger partial charge in [-0.05, 0) is 33.5 Å². The van der Waals surface area contributed by atoms with Gasteiger partial charge in [0.15, 0.2) is 5.82 Å². The summed E-state index contributed by atoms with van der Waals surface area (Å²) in [5.41, 5.74) is 4.69. The minimum Gasteiger partial charge on any atom is -0.285 e. The molecular formula is C27H25N7O. The summed E-state index contributed by atoms with van der Waals surface area (Å²) in [5.74, 6) is 1.70. The molecule has 0 fully saturated rings. The Balaban J connectivity index is 1.43. The van der Waals surface area contributed by atoms with Gasteiger partial charge in [-0.3, -0.25) is 4.79 Å². The van der Waals surface area contributed by atoms with Crippen LogP contribution in [0.2, 0.25) is 0 Å². The summed E-state index contributed by atoms with van der Waals surface area (Å²) in [5, 5.41) is 18.9. The van der Waals surface area contributed by atoms with E-state index in [0.29, 0.717) is 17.9 Å². The number of nitrogens with one attached hydrogen (secondary N) is 1. The Morgan fingerprint density at radius 3 is 2.34 bits per heavy atom. The number of hydrogen-bond acceptors (Lipinski definition) is 6. The number of rotatable bonds is 8. The van der Waals surface area contributed by atoms with Gasteiger partial charge in [-0.15, -0.1) is 10.2 Å². The van der Waals surface area contributed by atoms with Gasteiger partial charge in [-0.25, -0.2) is 14.8 Å². The van der Waals surface area contributed by atoms with Crippen LogP contribution in [-0.4, -0.2) is 41.2 Å². The van der Waals surface area contributed by atoms with Crippen LogP contribution in [0.1, 0.15) is 53.8 Å². The van der Waals surface area contributed by atoms with Gasteiger partial charge in [-0.1, -0.05) is 92.7 Å². The number of carbonyl (C=O) groups is 1. The molecule has 0 saturated heterocycles. The lowest BCUT2D eigenvalue weighted by Crippen LogP contribution is -2.10. The van der Waals surface area contributed by atoms with E-state index in [2.05, 4.69) is 68.8 Å². The van der Waals surface area contributed by atoms with Crippen molar-refractivity contribution in [2.75, 3.05) is 0 Å². The second-order valence-electron chi connectivity index (χ2n) is 8.45. The quantitative estimate of drug-likeness (QED) is 0.328. The summed E-state index contributed by atoms with van der Waals surface area (Å²) in [6.45, 7) is 4.75. The van der Waals surface area contributed by atoms with Crippen molar-refractivity contribution in [1.29, 1.82) is 0 Å². The van der Waals surface area contributed by atoms with Gasteiger partial charge in [0, 0.05) is 17.0 Å². The third kappa shape index (κ3) is 4.63. The molecule has 0 saturated carbocycles. The molecule has 174 valence electrons. The zero-order valence-corrected chi connectivity index (χ0v) is 19.6. The summed E-state index contributed by atoms with van der Waals surface area (Å²) in [6, 6.07) is 25.5. The van der Waals surface area contributed by atoms with Gasteiger partial charge in [0.05, 0.1) is 6.54 Å². The molecule has 0 bridgehead atoms. The van der Waals surface area contributed by atoms with Gasteiger partial charge in [0.1, 0.15) is 5.82 Å². The summed E-state index contributed by atoms with van der Waals surface area (Å²) in [7, 11) is 0. The van der Waals surface area contributed by atoms with Crippen LogP contribution in [0.5, 0.6) is 0 Å². The summed E-state index contributed by atoms with van der Waals surface area (Å²) < 4.78 is 1.85. The molecule has 0 amide bonds. The molecule has 1 N–H and O–H groups in total. The number of nitrogens with zero attached hydrogens (tertiary/aromatic N) is 6. The Labute approximate surface area is 203 Å². The van der Waals surface area contributed by atoms with Crippen molar-refractivity contribution in [3.63, 3.8) is 0 Å². The van der Waals surface area contributed by atoms with Crippen molar-refractivity contribution in [2.45, 2.75) is 32.7 Å². The maximum Gasteiger partial charge on any atom is 0.232 e. The van der Waals surface area contributed by atoms with Gasteiger partial charge in [0.2, 0.25) is 11.6 Å². The first-order valence-corrected chi connectivity index (χ1v) is 11.6. The highest BCUT2D eigenvalue weighted by molar-refractivity contribution is 6.06. The molecule has 8 nitrogen and oxygen atoms in total. The molecule has 5 rings (SSSR count). The molecule has 35 heavy (non-hydrogen) atoms. The molecular weight excluding hydrogens is 438 g/mol. The number of tetrazole rings is 1. The number of H-pyrrole nitrogens is 1. The topological polar surface area (TPSA) is 102 Å². The Kier molecular flexibility index (Phi) is 6.26. The van der Waals surface area contributed by atoms with E-state index in [9.17, 15) is 4.79 Å². The minimum atomic E-state index is -0.164. The molecule has 1 unspecified atom stereocenters. The van der Waals surface area contributed by atoms with Crippen LogP contribution in [0.4, 0.5) is 0 Å². The van der Waals surface area contributed by atoms with Gasteiger partial charge >= 0.3 is 0 Å². The van der Waals surface area contributed by atoms with E-state index in [-0.39, 0.29) is 17.5 Å². The van der Waals surface area contributed by atoms with E-state index in [0.717, 1.165) is 34.5 Å². The third-order valence-corrected chi connectivity index (χ3v) is 6.12. The van der Waals surface area contributed by atoms with Gasteiger partial charge in [0.25, 0.3) is 0 Å². The largest absolute Gasteiger partial charge is 0.285 e. The molecule has 2 aromatic heterocycles. The van der Waals surface area contributed by atoms with E-state index in [1.165, 1.54) is 0 Å². The summed E-state index contributed by atoms with van der Waals surface area (Å²) >= 11 is 0. The highest BCUT2D eigenvalue weighted by Gasteiger charge is 2.21. The van der Waals surface area contributed by atoms with E-state index in [1.54, 1.807) is 12.1 Å². The van der Waals surface area contributed by atoms with Gasteiger partial charge in [-0.2, -0.15) is 0 Å². The van der Waals surface area contributed by atoms with Crippen molar-refractivity contribution in [3.8, 4) is 22.5 Å². The number of ketones is 1. The maximum absolute atomic E-state index is 13.0. The first-order valence-electron chi connectivity index (χ1n) is 11.6. The van der Waals surface area contributed by atoms with Crippen LogP contribution in [0.3, 0.4) is 0 Å². The average molecular weight is 464 g/mol. The first kappa shape index (κ1) is 22.3. The molecule has 0 aliphatic carbocycles. The van der Waals surface area contributed by atoms with E-state index < -0.39 is 0 Å². The Morgan fingerprint density at radius 2 is 1.66 bits per heavy atom. The molecule has 1 atom stereocenters. The molecule has 8 heteroatoms. The number of hydrogen-bond donors (Lipinski definition) is 1. The van der Waals surface area contributed by atoms with Crippen molar-refractivity contribution in [3.05, 3.63) is 102 Å². The third-order valence-electron chi connectivity index (χ3n) is 6.12. The van der Waals surface area contributed by atoms with Crippen molar-refractivity contribution >= 4 is 5.78 Å². The zero-order valence-electron chi connectivity index (χ0n) is 19.6. The minimum absolute atomic E-state index is 0.164. The summed E-state index contributed by atoms with van der Waals surface area (Å²) in [4.78, 5) is 17.6. The fourth-order valence-corrected chi connectivity index (χ4v) is 4.01. The molecule has 0 aliphatic heterocycles. The number of benzene rings is 3. The normalized spacial score (nSPS) is 11.9. The first-order chi connectivity index (χ1) is 17.1. The number of aromatic amines is 1. The van der Waals surface area contributed by atoms with Crippen LogP contribution in [-0.2, 0) is 6.54 Å². The lowest BCUT2D eigenvalue weighted by Gasteiger charge is -2.11. The average Bonchev–Trinajstić information content (AvgIpc) is 3.60. The maximum atomic E-state index is 13.0. The van der Waals surface area contributed by atoms with Crippen LogP contribution >= 0.6 is 0 Å². The van der Waals surface area contributed by atoms with Crippen LogP contribution in [0.25, 0.3) is 22.5 Å². The number of aromatic nitrogens is 7. The zero-order chi connectivity index (χ0) is 24.2. The van der Waals surface area contributed by atoms with E-state index in [4.69, 9.17) is 0 Å². The molecule has 0 spiro atoms. The fourth-order valence-electron chi connectivity index (χ4n) is 4.01. The Morgan fingerprint density at radius 1 is 0.943 bits per heavy atom. The van der Waals surface area contributed by atoms with Crippen molar-refractivity contribution in [2.24, 2.45) is 0 Å². The standard InChI is InChI=1S/C27H25N7O/c1-3-18(2)27-28-26(24(35)21-9-5-4-6-10-21)31-34(27)17-19-13-15-20(16-14-19)22-11-7-8-12-23(22)25-29-32-33-30-25/h4-16,18H,3,17H2,1-2H3,(H,29,30,32,33). The predicted octanol–water partition coefficient (Wildman–Crippen LogP) is 4.92. The van der Waals surface area contributed by atoms with Gasteiger partial charge < -0.3 is 0 Å². The highest BCUT2D eigenvalue weighted by atomic mass is 16.1. The van der Waals surface area contributed by atoms with Crippen LogP contribution in [0, 0.1) is 0 Å². The Bertz CT molecular complexity index is 1420. The molecule has 5 aromatic rings. The molecule has 2 heterocycles. The lowest BCUT2D eigenvalue weighted by molar-refractivity contribution is 0.102. The second kappa shape index (κ2) is 9.80. The summed E-state index contributed by atoms with van der Waals surface area (Å²) in [6.07, 6.45) is 0.907. The smallest absolute Gasteiger partial charge is 0.232 e. The fraction of sp³-hybridized carbons (Fsp3) is 0.185. The van der Waals surface area contributed by atoms with Crippen molar-refractivity contribution < 1.29 is 4.79 Å². The second-order valence-corrected chi connectivity index (χ2v) is 8.45. The monoisotopic (exact) mass is 463 g/mol. The number of carbonyl (C=O) groups excluding carboxylic acids is 1. The molecule has 3 aromatic carbocycles. The van der Waals surface area contributed by atoms with Crippen molar-refractivity contribution in [1.82, 2.24) is 35.4 Å². The van der Waals surface area contributed by atoms with Crippen LogP contribution < -0.4 is 0 Å².